The van der Waals surface area contributed by atoms with E-state index in [4.69, 9.17) is 20.8 Å². The summed E-state index contributed by atoms with van der Waals surface area (Å²) >= 11 is 6.30. The number of ether oxygens (including phenoxy) is 1. The zero-order chi connectivity index (χ0) is 17.1. The minimum absolute atomic E-state index is 0.240. The molecule has 0 fully saturated rings. The molecule has 0 aliphatic carbocycles. The van der Waals surface area contributed by atoms with Crippen molar-refractivity contribution in [3.05, 3.63) is 74.9 Å². The lowest BCUT2D eigenvalue weighted by molar-refractivity contribution is 0.306. The molecule has 124 valence electrons. The highest BCUT2D eigenvalue weighted by Gasteiger charge is 2.11. The summed E-state index contributed by atoms with van der Waals surface area (Å²) in [5, 5.41) is 1.26. The normalized spacial score (nSPS) is 11.0. The summed E-state index contributed by atoms with van der Waals surface area (Å²) in [6.45, 7) is 2.28. The van der Waals surface area contributed by atoms with E-state index < -0.39 is 5.63 Å². The van der Waals surface area contributed by atoms with Gasteiger partial charge in [0.15, 0.2) is 0 Å². The molecule has 5 heteroatoms. The van der Waals surface area contributed by atoms with Crippen LogP contribution in [0.1, 0.15) is 24.5 Å². The van der Waals surface area contributed by atoms with Crippen molar-refractivity contribution in [3.8, 4) is 5.75 Å². The Bertz CT molecular complexity index is 916. The molecular formula is C19H16ClFO3. The van der Waals surface area contributed by atoms with Crippen molar-refractivity contribution in [2.75, 3.05) is 0 Å². The Morgan fingerprint density at radius 3 is 2.62 bits per heavy atom. The molecule has 2 aromatic carbocycles. The van der Waals surface area contributed by atoms with Crippen LogP contribution in [0.2, 0.25) is 5.02 Å². The third-order valence-corrected chi connectivity index (χ3v) is 4.00. The third-order valence-electron chi connectivity index (χ3n) is 3.71. The van der Waals surface area contributed by atoms with E-state index in [0.717, 1.165) is 29.4 Å². The van der Waals surface area contributed by atoms with Crippen molar-refractivity contribution in [2.45, 2.75) is 26.4 Å². The molecule has 0 bridgehead atoms. The van der Waals surface area contributed by atoms with E-state index in [1.165, 1.54) is 18.2 Å². The predicted molar refractivity (Wildman–Crippen MR) is 92.2 cm³/mol. The average Bonchev–Trinajstić information content (AvgIpc) is 2.55. The van der Waals surface area contributed by atoms with Crippen molar-refractivity contribution >= 4 is 22.6 Å². The van der Waals surface area contributed by atoms with E-state index in [-0.39, 0.29) is 12.4 Å². The summed E-state index contributed by atoms with van der Waals surface area (Å²) in [6.07, 6.45) is 1.69. The summed E-state index contributed by atoms with van der Waals surface area (Å²) in [5.41, 5.74) is 1.78. The molecule has 0 radical (unpaired) electrons. The molecule has 3 nitrogen and oxygen atoms in total. The topological polar surface area (TPSA) is 39.4 Å². The number of benzene rings is 2. The van der Waals surface area contributed by atoms with Crippen LogP contribution in [0.3, 0.4) is 0 Å². The van der Waals surface area contributed by atoms with Gasteiger partial charge in [-0.2, -0.15) is 0 Å². The van der Waals surface area contributed by atoms with Crippen LogP contribution in [0.4, 0.5) is 4.39 Å². The van der Waals surface area contributed by atoms with Crippen LogP contribution in [0.15, 0.2) is 51.7 Å². The molecule has 1 heterocycles. The number of fused-ring (bicyclic) bond motifs is 1. The Hall–Kier alpha value is -2.33. The second-order valence-electron chi connectivity index (χ2n) is 5.53. The number of hydrogen-bond acceptors (Lipinski definition) is 3. The van der Waals surface area contributed by atoms with Gasteiger partial charge in [0.05, 0.1) is 5.02 Å². The Morgan fingerprint density at radius 1 is 1.17 bits per heavy atom. The van der Waals surface area contributed by atoms with Crippen LogP contribution in [0.25, 0.3) is 11.0 Å². The summed E-state index contributed by atoms with van der Waals surface area (Å²) in [6, 6.07) is 10.9. The molecule has 0 unspecified atom stereocenters. The highest BCUT2D eigenvalue weighted by atomic mass is 35.5. The molecule has 0 saturated carbocycles. The van der Waals surface area contributed by atoms with Gasteiger partial charge in [-0.1, -0.05) is 37.1 Å². The zero-order valence-electron chi connectivity index (χ0n) is 13.1. The van der Waals surface area contributed by atoms with E-state index in [1.54, 1.807) is 24.3 Å². The largest absolute Gasteiger partial charge is 0.487 e. The second kappa shape index (κ2) is 7.05. The molecular weight excluding hydrogens is 331 g/mol. The van der Waals surface area contributed by atoms with Crippen molar-refractivity contribution < 1.29 is 13.5 Å². The highest BCUT2D eigenvalue weighted by molar-refractivity contribution is 6.32. The van der Waals surface area contributed by atoms with Crippen LogP contribution in [-0.4, -0.2) is 0 Å². The molecule has 0 saturated heterocycles. The molecule has 0 atom stereocenters. The van der Waals surface area contributed by atoms with Gasteiger partial charge < -0.3 is 9.15 Å². The summed E-state index contributed by atoms with van der Waals surface area (Å²) in [7, 11) is 0. The SMILES string of the molecule is CCCc1cc(=O)oc2cc(OCc3ccc(F)cc3)c(Cl)cc12. The van der Waals surface area contributed by atoms with Crippen molar-refractivity contribution in [2.24, 2.45) is 0 Å². The minimum Gasteiger partial charge on any atom is -0.487 e. The summed E-state index contributed by atoms with van der Waals surface area (Å²) in [5.74, 6) is 0.123. The van der Waals surface area contributed by atoms with Gasteiger partial charge >= 0.3 is 5.63 Å². The number of hydrogen-bond donors (Lipinski definition) is 0. The number of rotatable bonds is 5. The highest BCUT2D eigenvalue weighted by Crippen LogP contribution is 2.32. The molecule has 1 aromatic heterocycles. The lowest BCUT2D eigenvalue weighted by Crippen LogP contribution is -2.02. The van der Waals surface area contributed by atoms with Gasteiger partial charge in [0, 0.05) is 17.5 Å². The zero-order valence-corrected chi connectivity index (χ0v) is 13.9. The second-order valence-corrected chi connectivity index (χ2v) is 5.94. The fourth-order valence-corrected chi connectivity index (χ4v) is 2.77. The molecule has 0 amide bonds. The summed E-state index contributed by atoms with van der Waals surface area (Å²) in [4.78, 5) is 11.7. The first-order chi connectivity index (χ1) is 11.6. The van der Waals surface area contributed by atoms with E-state index >= 15 is 0 Å². The van der Waals surface area contributed by atoms with Crippen LogP contribution < -0.4 is 10.4 Å². The maximum absolute atomic E-state index is 12.9. The lowest BCUT2D eigenvalue weighted by atomic mass is 10.1. The fraction of sp³-hybridized carbons (Fsp3) is 0.211. The van der Waals surface area contributed by atoms with Crippen molar-refractivity contribution in [1.29, 1.82) is 0 Å². The number of halogens is 2. The summed E-state index contributed by atoms with van der Waals surface area (Å²) < 4.78 is 23.9. The smallest absolute Gasteiger partial charge is 0.336 e. The van der Waals surface area contributed by atoms with Gasteiger partial charge in [0.2, 0.25) is 0 Å². The molecule has 0 N–H and O–H groups in total. The third kappa shape index (κ3) is 3.60. The monoisotopic (exact) mass is 346 g/mol. The number of aryl methyl sites for hydroxylation is 1. The van der Waals surface area contributed by atoms with Gasteiger partial charge in [-0.3, -0.25) is 0 Å². The quantitative estimate of drug-likeness (QED) is 0.602. The Kier molecular flexibility index (Phi) is 4.86. The minimum atomic E-state index is -0.391. The van der Waals surface area contributed by atoms with Gasteiger partial charge in [-0.15, -0.1) is 0 Å². The Labute approximate surface area is 143 Å². The molecule has 0 spiro atoms. The lowest BCUT2D eigenvalue weighted by Gasteiger charge is -2.11. The van der Waals surface area contributed by atoms with Gasteiger partial charge in [0.25, 0.3) is 0 Å². The van der Waals surface area contributed by atoms with Crippen LogP contribution >= 0.6 is 11.6 Å². The molecule has 0 aliphatic heterocycles. The van der Waals surface area contributed by atoms with Crippen LogP contribution in [0.5, 0.6) is 5.75 Å². The van der Waals surface area contributed by atoms with Crippen LogP contribution in [-0.2, 0) is 13.0 Å². The van der Waals surface area contributed by atoms with E-state index in [1.807, 2.05) is 6.92 Å². The van der Waals surface area contributed by atoms with Crippen molar-refractivity contribution in [3.63, 3.8) is 0 Å². The van der Waals surface area contributed by atoms with Crippen molar-refractivity contribution in [1.82, 2.24) is 0 Å². The maximum Gasteiger partial charge on any atom is 0.336 e. The van der Waals surface area contributed by atoms with Gasteiger partial charge in [-0.05, 0) is 35.7 Å². The Balaban J connectivity index is 1.92. The van der Waals surface area contributed by atoms with E-state index in [2.05, 4.69) is 0 Å². The maximum atomic E-state index is 12.9. The Morgan fingerprint density at radius 2 is 1.92 bits per heavy atom. The van der Waals surface area contributed by atoms with E-state index in [0.29, 0.717) is 16.4 Å². The van der Waals surface area contributed by atoms with E-state index in [9.17, 15) is 9.18 Å². The van der Waals surface area contributed by atoms with Gasteiger partial charge in [0.1, 0.15) is 23.8 Å². The van der Waals surface area contributed by atoms with Gasteiger partial charge in [-0.25, -0.2) is 9.18 Å². The standard InChI is InChI=1S/C19H16ClFO3/c1-2-3-13-8-19(22)24-17-10-18(16(20)9-15(13)17)23-11-12-4-6-14(21)7-5-12/h4-10H,2-3,11H2,1H3. The molecule has 24 heavy (non-hydrogen) atoms. The van der Waals surface area contributed by atoms with Crippen LogP contribution in [0, 0.1) is 5.82 Å². The first-order valence-corrected chi connectivity index (χ1v) is 8.08. The first kappa shape index (κ1) is 16.5. The predicted octanol–water partition coefficient (Wildman–Crippen LogP) is 5.12. The molecule has 3 rings (SSSR count). The average molecular weight is 347 g/mol. The molecule has 3 aromatic rings. The first-order valence-electron chi connectivity index (χ1n) is 7.70. The fourth-order valence-electron chi connectivity index (χ4n) is 2.56. The molecule has 0 aliphatic rings.